The zero-order valence-corrected chi connectivity index (χ0v) is 17.9. The van der Waals surface area contributed by atoms with Crippen LogP contribution in [0.5, 0.6) is 5.75 Å². The molecule has 2 aromatic heterocycles. The van der Waals surface area contributed by atoms with Crippen LogP contribution in [0.1, 0.15) is 11.3 Å². The first-order valence-corrected chi connectivity index (χ1v) is 10.5. The highest BCUT2D eigenvalue weighted by Crippen LogP contribution is 2.31. The molecule has 0 spiro atoms. The Labute approximate surface area is 185 Å². The van der Waals surface area contributed by atoms with Crippen LogP contribution in [0.3, 0.4) is 0 Å². The number of aromatic nitrogens is 2. The molecule has 0 bridgehead atoms. The van der Waals surface area contributed by atoms with Crippen LogP contribution >= 0.6 is 23.4 Å². The summed E-state index contributed by atoms with van der Waals surface area (Å²) in [5.74, 6) is 1.43. The molecule has 0 aliphatic heterocycles. The van der Waals surface area contributed by atoms with Crippen molar-refractivity contribution in [3.63, 3.8) is 0 Å². The second kappa shape index (κ2) is 8.83. The van der Waals surface area contributed by atoms with E-state index in [1.54, 1.807) is 36.4 Å². The molecule has 0 N–H and O–H groups in total. The fourth-order valence-corrected chi connectivity index (χ4v) is 4.26. The van der Waals surface area contributed by atoms with Crippen molar-refractivity contribution in [2.45, 2.75) is 17.5 Å². The van der Waals surface area contributed by atoms with E-state index in [1.807, 2.05) is 0 Å². The average molecular weight is 458 g/mol. The molecule has 0 atom stereocenters. The molecule has 0 aliphatic carbocycles. The Morgan fingerprint density at radius 1 is 1.26 bits per heavy atom. The van der Waals surface area contributed by atoms with Crippen molar-refractivity contribution < 1.29 is 14.1 Å². The molecule has 0 amide bonds. The molecule has 4 aromatic rings. The molecule has 0 radical (unpaired) electrons. The molecule has 0 saturated heterocycles. The topological polar surface area (TPSA) is 100 Å². The monoisotopic (exact) mass is 457 g/mol. The third kappa shape index (κ3) is 4.42. The van der Waals surface area contributed by atoms with Crippen LogP contribution in [0.4, 0.5) is 5.69 Å². The Balaban J connectivity index is 1.76. The Morgan fingerprint density at radius 2 is 2.10 bits per heavy atom. The summed E-state index contributed by atoms with van der Waals surface area (Å²) in [4.78, 5) is 28.5. The van der Waals surface area contributed by atoms with Gasteiger partial charge in [0, 0.05) is 28.5 Å². The molecule has 8 nitrogen and oxygen atoms in total. The molecular weight excluding hydrogens is 442 g/mol. The first-order valence-electron chi connectivity index (χ1n) is 9.13. The van der Waals surface area contributed by atoms with E-state index in [2.05, 4.69) is 4.98 Å². The molecule has 10 heteroatoms. The highest BCUT2D eigenvalue weighted by atomic mass is 35.5. The molecule has 4 rings (SSSR count). The fourth-order valence-electron chi connectivity index (χ4n) is 3.12. The van der Waals surface area contributed by atoms with Gasteiger partial charge in [-0.25, -0.2) is 4.98 Å². The minimum absolute atomic E-state index is 0.0392. The number of hydrogen-bond acceptors (Lipinski definition) is 7. The number of fused-ring (bicyclic) bond motifs is 1. The van der Waals surface area contributed by atoms with Gasteiger partial charge in [-0.2, -0.15) is 0 Å². The predicted molar refractivity (Wildman–Crippen MR) is 118 cm³/mol. The van der Waals surface area contributed by atoms with Gasteiger partial charge >= 0.3 is 0 Å². The summed E-state index contributed by atoms with van der Waals surface area (Å²) in [6, 6.07) is 12.8. The lowest BCUT2D eigenvalue weighted by molar-refractivity contribution is -0.384. The minimum atomic E-state index is -0.462. The van der Waals surface area contributed by atoms with E-state index in [4.69, 9.17) is 20.8 Å². The van der Waals surface area contributed by atoms with E-state index in [0.717, 1.165) is 0 Å². The van der Waals surface area contributed by atoms with Gasteiger partial charge in [-0.1, -0.05) is 23.4 Å². The quantitative estimate of drug-likeness (QED) is 0.168. The van der Waals surface area contributed by atoms with Crippen molar-refractivity contribution in [2.75, 3.05) is 7.11 Å². The van der Waals surface area contributed by atoms with Crippen LogP contribution in [0, 0.1) is 10.1 Å². The maximum Gasteiger partial charge on any atom is 0.270 e. The summed E-state index contributed by atoms with van der Waals surface area (Å²) in [5, 5.41) is 12.5. The van der Waals surface area contributed by atoms with E-state index < -0.39 is 4.92 Å². The van der Waals surface area contributed by atoms with Crippen molar-refractivity contribution in [1.82, 2.24) is 9.55 Å². The van der Waals surface area contributed by atoms with Gasteiger partial charge in [0.1, 0.15) is 11.5 Å². The number of nitro benzene ring substituents is 1. The normalized spacial score (nSPS) is 11.0. The number of benzene rings is 2. The van der Waals surface area contributed by atoms with Gasteiger partial charge in [0.2, 0.25) is 0 Å². The number of nitrogens with zero attached hydrogens (tertiary/aromatic N) is 3. The lowest BCUT2D eigenvalue weighted by Crippen LogP contribution is -2.23. The third-order valence-electron chi connectivity index (χ3n) is 4.61. The summed E-state index contributed by atoms with van der Waals surface area (Å²) in [5.41, 5.74) is 0.822. The predicted octanol–water partition coefficient (Wildman–Crippen LogP) is 4.90. The first-order chi connectivity index (χ1) is 15.0. The lowest BCUT2D eigenvalue weighted by Gasteiger charge is -2.13. The number of thioether (sulfide) groups is 1. The van der Waals surface area contributed by atoms with Gasteiger partial charge in [0.05, 0.1) is 35.7 Å². The molecule has 2 aromatic carbocycles. The van der Waals surface area contributed by atoms with Crippen molar-refractivity contribution in [2.24, 2.45) is 0 Å². The summed E-state index contributed by atoms with van der Waals surface area (Å²) < 4.78 is 12.3. The molecule has 0 fully saturated rings. The Kier molecular flexibility index (Phi) is 5.97. The number of halogens is 1. The minimum Gasteiger partial charge on any atom is -0.496 e. The summed E-state index contributed by atoms with van der Waals surface area (Å²) in [6.07, 6.45) is 1.54. The smallest absolute Gasteiger partial charge is 0.270 e. The Bertz CT molecular complexity index is 1320. The lowest BCUT2D eigenvalue weighted by atomic mass is 10.2. The molecule has 0 unspecified atom stereocenters. The highest BCUT2D eigenvalue weighted by molar-refractivity contribution is 7.98. The number of nitro groups is 1. The van der Waals surface area contributed by atoms with E-state index >= 15 is 0 Å². The number of ether oxygens (including phenoxy) is 1. The van der Waals surface area contributed by atoms with Crippen LogP contribution in [0.15, 0.2) is 69.2 Å². The SMILES string of the molecule is COc1ccc([N+](=O)[O-])cc1CSc1nc2cc(Cl)ccc2c(=O)n1Cc1ccco1. The molecule has 158 valence electrons. The molecule has 0 aliphatic rings. The van der Waals surface area contributed by atoms with Crippen LogP contribution in [-0.4, -0.2) is 21.6 Å². The Morgan fingerprint density at radius 3 is 2.81 bits per heavy atom. The number of non-ortho nitro benzene ring substituents is 1. The first kappa shape index (κ1) is 21.0. The van der Waals surface area contributed by atoms with Gasteiger partial charge in [-0.3, -0.25) is 19.5 Å². The summed E-state index contributed by atoms with van der Waals surface area (Å²) in [7, 11) is 1.50. The zero-order valence-electron chi connectivity index (χ0n) is 16.3. The summed E-state index contributed by atoms with van der Waals surface area (Å²) >= 11 is 7.36. The van der Waals surface area contributed by atoms with E-state index in [9.17, 15) is 14.9 Å². The average Bonchev–Trinajstić information content (AvgIpc) is 3.27. The van der Waals surface area contributed by atoms with Gasteiger partial charge in [-0.05, 0) is 36.4 Å². The largest absolute Gasteiger partial charge is 0.496 e. The van der Waals surface area contributed by atoms with Gasteiger partial charge in [0.25, 0.3) is 11.2 Å². The van der Waals surface area contributed by atoms with Gasteiger partial charge in [0.15, 0.2) is 5.16 Å². The van der Waals surface area contributed by atoms with E-state index in [1.165, 1.54) is 41.8 Å². The number of methoxy groups -OCH3 is 1. The van der Waals surface area contributed by atoms with E-state index in [-0.39, 0.29) is 17.8 Å². The van der Waals surface area contributed by atoms with E-state index in [0.29, 0.717) is 43.9 Å². The Hall–Kier alpha value is -3.30. The molecule has 0 saturated carbocycles. The van der Waals surface area contributed by atoms with Gasteiger partial charge < -0.3 is 9.15 Å². The number of furan rings is 1. The second-order valence-corrected chi connectivity index (χ2v) is 7.95. The van der Waals surface area contributed by atoms with Crippen molar-refractivity contribution >= 4 is 40.0 Å². The van der Waals surface area contributed by atoms with Crippen molar-refractivity contribution in [3.8, 4) is 5.75 Å². The molecule has 2 heterocycles. The fraction of sp³-hybridized carbons (Fsp3) is 0.143. The van der Waals surface area contributed by atoms with Crippen LogP contribution in [0.2, 0.25) is 5.02 Å². The van der Waals surface area contributed by atoms with Crippen LogP contribution < -0.4 is 10.3 Å². The maximum atomic E-state index is 13.2. The molecular formula is C21H16ClN3O5S. The maximum absolute atomic E-state index is 13.2. The molecule has 31 heavy (non-hydrogen) atoms. The van der Waals surface area contributed by atoms with Gasteiger partial charge in [-0.15, -0.1) is 0 Å². The third-order valence-corrected chi connectivity index (χ3v) is 5.87. The number of hydrogen-bond donors (Lipinski definition) is 0. The van der Waals surface area contributed by atoms with Crippen LogP contribution in [-0.2, 0) is 12.3 Å². The van der Waals surface area contributed by atoms with Crippen molar-refractivity contribution in [3.05, 3.63) is 91.6 Å². The van der Waals surface area contributed by atoms with Crippen molar-refractivity contribution in [1.29, 1.82) is 0 Å². The van der Waals surface area contributed by atoms with Crippen LogP contribution in [0.25, 0.3) is 10.9 Å². The standard InChI is InChI=1S/C21H16ClN3O5S/c1-29-19-7-5-15(25(27)28)9-13(19)12-31-21-23-18-10-14(22)4-6-17(18)20(26)24(21)11-16-3-2-8-30-16/h2-10H,11-12H2,1H3. The summed E-state index contributed by atoms with van der Waals surface area (Å²) in [6.45, 7) is 0.200. The highest BCUT2D eigenvalue weighted by Gasteiger charge is 2.16. The number of rotatable bonds is 7. The second-order valence-electron chi connectivity index (χ2n) is 6.57. The zero-order chi connectivity index (χ0) is 22.0.